The van der Waals surface area contributed by atoms with Gasteiger partial charge < -0.3 is 4.90 Å². The topological polar surface area (TPSA) is 66.5 Å². The summed E-state index contributed by atoms with van der Waals surface area (Å²) in [6, 6.07) is 11.0. The molecule has 1 aliphatic carbocycles. The van der Waals surface area contributed by atoms with Gasteiger partial charge in [-0.25, -0.2) is 17.5 Å². The average molecular weight is 415 g/mol. The monoisotopic (exact) mass is 414 g/mol. The zero-order valence-corrected chi connectivity index (χ0v) is 17.0. The number of nitrogens with one attached hydrogen (secondary N) is 1. The number of carbonyl (C=O) groups excluding carboxylic acids is 1. The number of rotatable bonds is 5. The van der Waals surface area contributed by atoms with Crippen LogP contribution in [-0.2, 0) is 21.2 Å². The fourth-order valence-corrected chi connectivity index (χ4v) is 4.90. The Morgan fingerprint density at radius 1 is 1.17 bits per heavy atom. The van der Waals surface area contributed by atoms with Crippen molar-refractivity contribution in [2.45, 2.75) is 43.2 Å². The molecule has 1 N–H and O–H groups in total. The predicted molar refractivity (Wildman–Crippen MR) is 109 cm³/mol. The molecule has 1 fully saturated rings. The molecule has 1 heterocycles. The van der Waals surface area contributed by atoms with Gasteiger partial charge in [0, 0.05) is 18.7 Å². The van der Waals surface area contributed by atoms with Gasteiger partial charge in [-0.1, -0.05) is 18.2 Å². The molecule has 2 aromatic rings. The van der Waals surface area contributed by atoms with E-state index in [-0.39, 0.29) is 28.7 Å². The number of benzene rings is 2. The molecule has 1 saturated carbocycles. The van der Waals surface area contributed by atoms with E-state index < -0.39 is 10.0 Å². The maximum Gasteiger partial charge on any atom is 0.247 e. The zero-order valence-electron chi connectivity index (χ0n) is 16.1. The molecule has 0 radical (unpaired) electrons. The van der Waals surface area contributed by atoms with Crippen molar-refractivity contribution in [2.75, 3.05) is 6.54 Å². The first kappa shape index (κ1) is 19.8. The van der Waals surface area contributed by atoms with E-state index in [1.165, 1.54) is 30.3 Å². The number of sulfonamides is 1. The summed E-state index contributed by atoms with van der Waals surface area (Å²) in [4.78, 5) is 14.6. The van der Waals surface area contributed by atoms with Crippen LogP contribution in [0.4, 0.5) is 4.39 Å². The van der Waals surface area contributed by atoms with E-state index in [0.29, 0.717) is 13.0 Å². The van der Waals surface area contributed by atoms with Crippen molar-refractivity contribution in [2.24, 2.45) is 0 Å². The van der Waals surface area contributed by atoms with Crippen LogP contribution >= 0.6 is 0 Å². The van der Waals surface area contributed by atoms with E-state index in [2.05, 4.69) is 4.72 Å². The van der Waals surface area contributed by atoms with Crippen molar-refractivity contribution in [1.82, 2.24) is 9.62 Å². The molecule has 2 aliphatic rings. The van der Waals surface area contributed by atoms with E-state index in [9.17, 15) is 17.6 Å². The Hall–Kier alpha value is -2.51. The molecule has 0 saturated heterocycles. The molecule has 1 aliphatic heterocycles. The third-order valence-corrected chi connectivity index (χ3v) is 6.97. The van der Waals surface area contributed by atoms with Crippen LogP contribution in [0.3, 0.4) is 0 Å². The van der Waals surface area contributed by atoms with Crippen LogP contribution < -0.4 is 4.72 Å². The number of amides is 1. The summed E-state index contributed by atoms with van der Waals surface area (Å²) >= 11 is 0. The SMILES string of the molecule is CC1c2cc(F)ccc2CCN1C(=O)/C=C/c1ccc(S(=O)(=O)NC2CC2)cc1. The van der Waals surface area contributed by atoms with Crippen molar-refractivity contribution < 1.29 is 17.6 Å². The summed E-state index contributed by atoms with van der Waals surface area (Å²) in [7, 11) is -3.48. The molecule has 152 valence electrons. The van der Waals surface area contributed by atoms with Crippen molar-refractivity contribution in [3.05, 3.63) is 71.0 Å². The maximum absolute atomic E-state index is 13.6. The minimum absolute atomic E-state index is 0.0577. The lowest BCUT2D eigenvalue weighted by molar-refractivity contribution is -0.128. The smallest absolute Gasteiger partial charge is 0.247 e. The molecule has 7 heteroatoms. The Kier molecular flexibility index (Phi) is 5.27. The molecular formula is C22H23FN2O3S. The van der Waals surface area contributed by atoms with Crippen molar-refractivity contribution in [1.29, 1.82) is 0 Å². The molecular weight excluding hydrogens is 391 g/mol. The fourth-order valence-electron chi connectivity index (χ4n) is 3.60. The van der Waals surface area contributed by atoms with Gasteiger partial charge in [0.1, 0.15) is 5.82 Å². The highest BCUT2D eigenvalue weighted by Crippen LogP contribution is 2.30. The number of hydrogen-bond acceptors (Lipinski definition) is 3. The minimum atomic E-state index is -3.48. The van der Waals surface area contributed by atoms with Crippen molar-refractivity contribution >= 4 is 22.0 Å². The minimum Gasteiger partial charge on any atom is -0.332 e. The molecule has 4 rings (SSSR count). The quantitative estimate of drug-likeness (QED) is 0.763. The highest BCUT2D eigenvalue weighted by molar-refractivity contribution is 7.89. The van der Waals surface area contributed by atoms with Crippen molar-refractivity contribution in [3.8, 4) is 0 Å². The van der Waals surface area contributed by atoms with E-state index in [1.807, 2.05) is 6.92 Å². The van der Waals surface area contributed by atoms with Crippen LogP contribution in [0.2, 0.25) is 0 Å². The summed E-state index contributed by atoms with van der Waals surface area (Å²) in [5.74, 6) is -0.453. The van der Waals surface area contributed by atoms with E-state index >= 15 is 0 Å². The van der Waals surface area contributed by atoms with Crippen LogP contribution in [0.5, 0.6) is 0 Å². The Labute approximate surface area is 170 Å². The number of fused-ring (bicyclic) bond motifs is 1. The van der Waals surface area contributed by atoms with Crippen molar-refractivity contribution in [3.63, 3.8) is 0 Å². The second-order valence-electron chi connectivity index (χ2n) is 7.60. The van der Waals surface area contributed by atoms with Crippen LogP contribution in [0.15, 0.2) is 53.4 Å². The molecule has 1 atom stereocenters. The largest absolute Gasteiger partial charge is 0.332 e. The van der Waals surface area contributed by atoms with E-state index in [0.717, 1.165) is 29.5 Å². The van der Waals surface area contributed by atoms with Crippen LogP contribution in [0, 0.1) is 5.82 Å². The van der Waals surface area contributed by atoms with Crippen LogP contribution in [-0.4, -0.2) is 31.8 Å². The van der Waals surface area contributed by atoms with Crippen LogP contribution in [0.25, 0.3) is 6.08 Å². The van der Waals surface area contributed by atoms with Gasteiger partial charge in [-0.2, -0.15) is 0 Å². The van der Waals surface area contributed by atoms with Crippen LogP contribution in [0.1, 0.15) is 42.5 Å². The van der Waals surface area contributed by atoms with E-state index in [1.54, 1.807) is 29.2 Å². The molecule has 0 bridgehead atoms. The summed E-state index contributed by atoms with van der Waals surface area (Å²) < 4.78 is 40.7. The molecule has 29 heavy (non-hydrogen) atoms. The first-order valence-electron chi connectivity index (χ1n) is 9.73. The third-order valence-electron chi connectivity index (χ3n) is 5.44. The summed E-state index contributed by atoms with van der Waals surface area (Å²) in [6.45, 7) is 2.47. The lowest BCUT2D eigenvalue weighted by atomic mass is 9.93. The molecule has 1 unspecified atom stereocenters. The normalized spacial score (nSPS) is 19.4. The second-order valence-corrected chi connectivity index (χ2v) is 9.31. The van der Waals surface area contributed by atoms with E-state index in [4.69, 9.17) is 0 Å². The Bertz CT molecular complexity index is 1060. The average Bonchev–Trinajstić information content (AvgIpc) is 3.50. The number of nitrogens with zero attached hydrogens (tertiary/aromatic N) is 1. The van der Waals surface area contributed by atoms with Gasteiger partial charge >= 0.3 is 0 Å². The summed E-state index contributed by atoms with van der Waals surface area (Å²) in [6.07, 6.45) is 5.61. The second kappa shape index (κ2) is 7.72. The molecule has 5 nitrogen and oxygen atoms in total. The summed E-state index contributed by atoms with van der Waals surface area (Å²) in [5.41, 5.74) is 2.65. The van der Waals surface area contributed by atoms with Gasteiger partial charge in [-0.05, 0) is 73.2 Å². The van der Waals surface area contributed by atoms with Gasteiger partial charge in [0.25, 0.3) is 0 Å². The van der Waals surface area contributed by atoms with Gasteiger partial charge in [0.15, 0.2) is 0 Å². The van der Waals surface area contributed by atoms with Gasteiger partial charge in [-0.15, -0.1) is 0 Å². The number of halogens is 1. The fraction of sp³-hybridized carbons (Fsp3) is 0.318. The van der Waals surface area contributed by atoms with Gasteiger partial charge in [0.05, 0.1) is 10.9 Å². The standard InChI is InChI=1S/C22H23FN2O3S/c1-15-21-14-18(23)6-5-17(21)12-13-25(15)22(26)11-4-16-2-9-20(10-3-16)29(27,28)24-19-7-8-19/h2-6,9-11,14-15,19,24H,7-8,12-13H2,1H3/b11-4+. The van der Waals surface area contributed by atoms with Gasteiger partial charge in [0.2, 0.25) is 15.9 Å². The lowest BCUT2D eigenvalue weighted by Crippen LogP contribution is -2.37. The Morgan fingerprint density at radius 2 is 1.90 bits per heavy atom. The number of hydrogen-bond donors (Lipinski definition) is 1. The molecule has 0 spiro atoms. The maximum atomic E-state index is 13.6. The first-order valence-corrected chi connectivity index (χ1v) is 11.2. The third kappa shape index (κ3) is 4.41. The Morgan fingerprint density at radius 3 is 2.59 bits per heavy atom. The van der Waals surface area contributed by atoms with Gasteiger partial charge in [-0.3, -0.25) is 4.79 Å². The lowest BCUT2D eigenvalue weighted by Gasteiger charge is -2.34. The molecule has 0 aromatic heterocycles. The predicted octanol–water partition coefficient (Wildman–Crippen LogP) is 3.43. The highest BCUT2D eigenvalue weighted by Gasteiger charge is 2.28. The zero-order chi connectivity index (χ0) is 20.6. The first-order chi connectivity index (χ1) is 13.8. The summed E-state index contributed by atoms with van der Waals surface area (Å²) in [5, 5.41) is 0. The molecule has 2 aromatic carbocycles. The Balaban J connectivity index is 1.44. The number of carbonyl (C=O) groups is 1. The molecule has 1 amide bonds. The highest BCUT2D eigenvalue weighted by atomic mass is 32.2.